The second-order valence-electron chi connectivity index (χ2n) is 13.8. The zero-order chi connectivity index (χ0) is 32.6. The van der Waals surface area contributed by atoms with Crippen molar-refractivity contribution in [3.63, 3.8) is 0 Å². The van der Waals surface area contributed by atoms with Gasteiger partial charge in [0.25, 0.3) is 0 Å². The van der Waals surface area contributed by atoms with Gasteiger partial charge in [-0.3, -0.25) is 14.7 Å². The average molecular weight is 639 g/mol. The van der Waals surface area contributed by atoms with Crippen LogP contribution in [0.5, 0.6) is 11.8 Å². The van der Waals surface area contributed by atoms with Gasteiger partial charge in [0.05, 0.1) is 16.5 Å². The third-order valence-electron chi connectivity index (χ3n) is 10.7. The Bertz CT molecular complexity index is 1980. The summed E-state index contributed by atoms with van der Waals surface area (Å²) in [7, 11) is 0. The standard InChI is InChI=1S/C36H36F2N6O3/c1-4-26-29(37)9-6-22-12-25(46)13-27(30(22)26)32-31(38)33-28(15-39-32)34(42-17-23-7-8-24(18-42)44(23)21(3)45)41-35(40-33)47-19-36-10-5-11-43(36)16-20(2)14-36/h1,6,9,12-13,15,20,23-24,46H,5,7-8,10-11,14,16-19H2,2-3H3. The minimum atomic E-state index is -0.754. The largest absolute Gasteiger partial charge is 0.508 e. The molecule has 0 aliphatic carbocycles. The highest BCUT2D eigenvalue weighted by atomic mass is 19.1. The smallest absolute Gasteiger partial charge is 0.319 e. The van der Waals surface area contributed by atoms with Gasteiger partial charge in [0.15, 0.2) is 5.82 Å². The highest BCUT2D eigenvalue weighted by molar-refractivity contribution is 6.03. The van der Waals surface area contributed by atoms with Crippen LogP contribution in [0.2, 0.25) is 0 Å². The molecular weight excluding hydrogens is 602 g/mol. The van der Waals surface area contributed by atoms with Gasteiger partial charge < -0.3 is 19.6 Å². The molecule has 47 heavy (non-hydrogen) atoms. The van der Waals surface area contributed by atoms with Crippen LogP contribution >= 0.6 is 0 Å². The summed E-state index contributed by atoms with van der Waals surface area (Å²) in [5.41, 5.74) is -0.101. The molecule has 4 atom stereocenters. The summed E-state index contributed by atoms with van der Waals surface area (Å²) in [6.07, 6.45) is 12.1. The molecule has 4 fully saturated rings. The Morgan fingerprint density at radius 3 is 2.70 bits per heavy atom. The number of halogens is 2. The van der Waals surface area contributed by atoms with Gasteiger partial charge in [0, 0.05) is 55.8 Å². The number of pyridine rings is 1. The molecule has 4 aromatic rings. The van der Waals surface area contributed by atoms with Gasteiger partial charge in [-0.25, -0.2) is 8.78 Å². The number of phenolic OH excluding ortho intramolecular Hbond substituents is 1. The van der Waals surface area contributed by atoms with Crippen molar-refractivity contribution >= 4 is 33.4 Å². The first kappa shape index (κ1) is 29.8. The van der Waals surface area contributed by atoms with E-state index in [1.807, 2.05) is 4.90 Å². The molecule has 1 N–H and O–H groups in total. The van der Waals surface area contributed by atoms with E-state index in [-0.39, 0.29) is 63.0 Å². The van der Waals surface area contributed by atoms with Crippen molar-refractivity contribution in [1.29, 1.82) is 0 Å². The van der Waals surface area contributed by atoms with E-state index < -0.39 is 11.6 Å². The number of rotatable bonds is 5. The van der Waals surface area contributed by atoms with E-state index in [1.54, 1.807) is 6.92 Å². The predicted molar refractivity (Wildman–Crippen MR) is 174 cm³/mol. The van der Waals surface area contributed by atoms with Crippen molar-refractivity contribution < 1.29 is 23.4 Å². The van der Waals surface area contributed by atoms with Crippen LogP contribution in [0.15, 0.2) is 30.5 Å². The lowest BCUT2D eigenvalue weighted by Crippen LogP contribution is -2.55. The fraction of sp³-hybridized carbons (Fsp3) is 0.444. The molecule has 9 nitrogen and oxygen atoms in total. The van der Waals surface area contributed by atoms with Crippen LogP contribution in [0, 0.1) is 29.9 Å². The van der Waals surface area contributed by atoms with E-state index in [0.29, 0.717) is 42.2 Å². The quantitative estimate of drug-likeness (QED) is 0.296. The lowest BCUT2D eigenvalue weighted by atomic mass is 9.92. The molecule has 0 saturated carbocycles. The summed E-state index contributed by atoms with van der Waals surface area (Å²) >= 11 is 0. The molecule has 2 bridgehead atoms. The van der Waals surface area contributed by atoms with Gasteiger partial charge in [0.2, 0.25) is 5.91 Å². The summed E-state index contributed by atoms with van der Waals surface area (Å²) in [5, 5.41) is 11.7. The minimum absolute atomic E-state index is 0.00654. The SMILES string of the molecule is C#Cc1c(F)ccc2cc(O)cc(-c3ncc4c(N5CC6CCC(C5)N6C(C)=O)nc(OCC56CCCN5CC(C)C6)nc4c3F)c12. The number of aromatic hydroxyl groups is 1. The molecule has 8 rings (SSSR count). The number of terminal acetylenes is 1. The van der Waals surface area contributed by atoms with Crippen LogP contribution < -0.4 is 9.64 Å². The minimum Gasteiger partial charge on any atom is -0.508 e. The number of carbonyl (C=O) groups is 1. The van der Waals surface area contributed by atoms with E-state index in [4.69, 9.17) is 16.1 Å². The number of carbonyl (C=O) groups excluding carboxylic acids is 1. The van der Waals surface area contributed by atoms with Crippen molar-refractivity contribution in [2.75, 3.05) is 37.7 Å². The Morgan fingerprint density at radius 1 is 1.17 bits per heavy atom. The molecule has 0 spiro atoms. The molecule has 2 aromatic carbocycles. The molecule has 0 radical (unpaired) electrons. The van der Waals surface area contributed by atoms with E-state index in [1.165, 1.54) is 30.5 Å². The molecule has 242 valence electrons. The number of nitrogens with zero attached hydrogens (tertiary/aromatic N) is 6. The molecule has 4 unspecified atom stereocenters. The first-order chi connectivity index (χ1) is 22.7. The van der Waals surface area contributed by atoms with Gasteiger partial charge in [-0.1, -0.05) is 18.9 Å². The second kappa shape index (κ2) is 11.0. The zero-order valence-corrected chi connectivity index (χ0v) is 26.5. The third kappa shape index (κ3) is 4.75. The molecule has 4 saturated heterocycles. The summed E-state index contributed by atoms with van der Waals surface area (Å²) in [4.78, 5) is 33.0. The van der Waals surface area contributed by atoms with Crippen LogP contribution in [-0.4, -0.2) is 86.2 Å². The van der Waals surface area contributed by atoms with Crippen LogP contribution in [0.4, 0.5) is 14.6 Å². The number of aromatic nitrogens is 3. The first-order valence-electron chi connectivity index (χ1n) is 16.4. The molecule has 2 aromatic heterocycles. The van der Waals surface area contributed by atoms with Crippen molar-refractivity contribution in [3.8, 4) is 35.4 Å². The number of ether oxygens (including phenoxy) is 1. The summed E-state index contributed by atoms with van der Waals surface area (Å²) in [5.74, 6) is 1.97. The molecule has 4 aliphatic rings. The summed E-state index contributed by atoms with van der Waals surface area (Å²) < 4.78 is 38.2. The van der Waals surface area contributed by atoms with Crippen LogP contribution in [0.25, 0.3) is 32.9 Å². The van der Waals surface area contributed by atoms with Crippen LogP contribution in [0.1, 0.15) is 51.5 Å². The highest BCUT2D eigenvalue weighted by Crippen LogP contribution is 2.43. The summed E-state index contributed by atoms with van der Waals surface area (Å²) in [6, 6.07) is 5.64. The van der Waals surface area contributed by atoms with Crippen molar-refractivity contribution in [2.24, 2.45) is 5.92 Å². The fourth-order valence-corrected chi connectivity index (χ4v) is 8.88. The van der Waals surface area contributed by atoms with Crippen LogP contribution in [0.3, 0.4) is 0 Å². The fourth-order valence-electron chi connectivity index (χ4n) is 8.88. The molecular formula is C36H36F2N6O3. The Balaban J connectivity index is 1.27. The van der Waals surface area contributed by atoms with Gasteiger partial charge in [-0.15, -0.1) is 6.42 Å². The molecule has 4 aliphatic heterocycles. The number of fused-ring (bicyclic) bond motifs is 5. The zero-order valence-electron chi connectivity index (χ0n) is 26.5. The van der Waals surface area contributed by atoms with E-state index >= 15 is 4.39 Å². The van der Waals surface area contributed by atoms with Crippen molar-refractivity contribution in [3.05, 3.63) is 47.7 Å². The number of benzene rings is 2. The topological polar surface area (TPSA) is 94.9 Å². The Kier molecular flexibility index (Phi) is 6.99. The number of piperazine rings is 1. The lowest BCUT2D eigenvalue weighted by Gasteiger charge is -2.41. The predicted octanol–water partition coefficient (Wildman–Crippen LogP) is 5.26. The maximum Gasteiger partial charge on any atom is 0.319 e. The molecule has 1 amide bonds. The molecule has 6 heterocycles. The van der Waals surface area contributed by atoms with Gasteiger partial charge in [0.1, 0.15) is 35.2 Å². The second-order valence-corrected chi connectivity index (χ2v) is 13.8. The Hall–Kier alpha value is -4.56. The van der Waals surface area contributed by atoms with Gasteiger partial charge in [-0.2, -0.15) is 9.97 Å². The highest BCUT2D eigenvalue weighted by Gasteiger charge is 2.48. The average Bonchev–Trinajstić information content (AvgIpc) is 3.66. The number of anilines is 1. The number of phenols is 1. The van der Waals surface area contributed by atoms with E-state index in [0.717, 1.165) is 45.2 Å². The van der Waals surface area contributed by atoms with E-state index in [2.05, 4.69) is 32.6 Å². The number of amides is 1. The van der Waals surface area contributed by atoms with Crippen molar-refractivity contribution in [2.45, 2.75) is 63.6 Å². The normalized spacial score (nSPS) is 25.5. The van der Waals surface area contributed by atoms with Gasteiger partial charge >= 0.3 is 6.01 Å². The third-order valence-corrected chi connectivity index (χ3v) is 10.7. The summed E-state index contributed by atoms with van der Waals surface area (Å²) in [6.45, 7) is 7.40. The van der Waals surface area contributed by atoms with Crippen molar-refractivity contribution in [1.82, 2.24) is 24.8 Å². The van der Waals surface area contributed by atoms with Gasteiger partial charge in [-0.05, 0) is 68.2 Å². The first-order valence-corrected chi connectivity index (χ1v) is 16.4. The van der Waals surface area contributed by atoms with Crippen LogP contribution in [-0.2, 0) is 4.79 Å². The monoisotopic (exact) mass is 638 g/mol. The Labute approximate surface area is 271 Å². The Morgan fingerprint density at radius 2 is 1.96 bits per heavy atom. The number of hydrogen-bond acceptors (Lipinski definition) is 8. The lowest BCUT2D eigenvalue weighted by molar-refractivity contribution is -0.132. The van der Waals surface area contributed by atoms with E-state index in [9.17, 15) is 14.3 Å². The maximum absolute atomic E-state index is 16.9. The molecule has 11 heteroatoms. The number of hydrogen-bond donors (Lipinski definition) is 1. The maximum atomic E-state index is 16.9.